The third-order valence-corrected chi connectivity index (χ3v) is 5.04. The lowest BCUT2D eigenvalue weighted by Crippen LogP contribution is -2.23. The van der Waals surface area contributed by atoms with Gasteiger partial charge in [-0.3, -0.25) is 0 Å². The molecule has 0 bridgehead atoms. The highest BCUT2D eigenvalue weighted by molar-refractivity contribution is 9.10. The molecule has 2 rings (SSSR count). The molecule has 108 valence electrons. The molecule has 5 nitrogen and oxygen atoms in total. The van der Waals surface area contributed by atoms with Gasteiger partial charge in [0.15, 0.2) is 4.67 Å². The van der Waals surface area contributed by atoms with Crippen molar-refractivity contribution >= 4 is 26.0 Å². The Kier molecular flexibility index (Phi) is 4.64. The van der Waals surface area contributed by atoms with Crippen molar-refractivity contribution in [2.45, 2.75) is 24.9 Å². The zero-order valence-electron chi connectivity index (χ0n) is 10.9. The van der Waals surface area contributed by atoms with E-state index >= 15 is 0 Å². The topological polar surface area (TPSA) is 85.3 Å². The predicted octanol–water partition coefficient (Wildman–Crippen LogP) is 2.29. The summed E-state index contributed by atoms with van der Waals surface area (Å²) in [7, 11) is -3.63. The van der Waals surface area contributed by atoms with Gasteiger partial charge < -0.3 is 10.2 Å². The molecule has 7 heteroatoms. The molecule has 0 saturated carbocycles. The maximum atomic E-state index is 12.2. The van der Waals surface area contributed by atoms with Crippen LogP contribution in [0.5, 0.6) is 0 Å². The summed E-state index contributed by atoms with van der Waals surface area (Å²) in [5.41, 5.74) is 7.44. The Bertz CT molecular complexity index is 693. The molecule has 0 aliphatic carbocycles. The Balaban J connectivity index is 2.14. The predicted molar refractivity (Wildman–Crippen MR) is 79.5 cm³/mol. The molecular formula is C13H15BrN2O3S. The van der Waals surface area contributed by atoms with Gasteiger partial charge in [-0.15, -0.1) is 0 Å². The van der Waals surface area contributed by atoms with Gasteiger partial charge in [0.1, 0.15) is 10.7 Å². The second-order valence-corrected chi connectivity index (χ2v) is 6.82. The lowest BCUT2D eigenvalue weighted by Gasteiger charge is -2.05. The average Bonchev–Trinajstić information content (AvgIpc) is 2.80. The molecule has 0 spiro atoms. The minimum Gasteiger partial charge on any atom is -0.452 e. The van der Waals surface area contributed by atoms with E-state index in [0.717, 1.165) is 11.1 Å². The quantitative estimate of drug-likeness (QED) is 0.858. The van der Waals surface area contributed by atoms with Gasteiger partial charge in [0.2, 0.25) is 10.0 Å². The number of sulfonamides is 1. The normalized spacial score (nSPS) is 11.8. The summed E-state index contributed by atoms with van der Waals surface area (Å²) in [6.45, 7) is 2.34. The molecule has 0 saturated heterocycles. The molecule has 3 N–H and O–H groups in total. The van der Waals surface area contributed by atoms with Gasteiger partial charge in [-0.2, -0.15) is 0 Å². The average molecular weight is 359 g/mol. The minimum atomic E-state index is -3.63. The number of aryl methyl sites for hydroxylation is 1. The maximum Gasteiger partial charge on any atom is 0.245 e. The Morgan fingerprint density at radius 3 is 2.50 bits per heavy atom. The third kappa shape index (κ3) is 3.49. The van der Waals surface area contributed by atoms with E-state index < -0.39 is 10.0 Å². The van der Waals surface area contributed by atoms with Crippen LogP contribution >= 0.6 is 15.9 Å². The van der Waals surface area contributed by atoms with Crippen molar-refractivity contribution in [3.05, 3.63) is 51.9 Å². The first kappa shape index (κ1) is 15.2. The second kappa shape index (κ2) is 6.09. The molecule has 0 amide bonds. The molecule has 20 heavy (non-hydrogen) atoms. The molecule has 0 aliphatic rings. The van der Waals surface area contributed by atoms with Gasteiger partial charge in [-0.05, 0) is 28.4 Å². The zero-order chi connectivity index (χ0) is 14.8. The van der Waals surface area contributed by atoms with Gasteiger partial charge in [-0.1, -0.05) is 29.8 Å². The van der Waals surface area contributed by atoms with Crippen molar-refractivity contribution in [3.63, 3.8) is 0 Å². The van der Waals surface area contributed by atoms with E-state index in [0.29, 0.717) is 5.76 Å². The first-order valence-electron chi connectivity index (χ1n) is 5.96. The van der Waals surface area contributed by atoms with E-state index in [1.54, 1.807) is 0 Å². The summed E-state index contributed by atoms with van der Waals surface area (Å²) in [5.74, 6) is 0.410. The van der Waals surface area contributed by atoms with E-state index in [9.17, 15) is 8.42 Å². The largest absolute Gasteiger partial charge is 0.452 e. The van der Waals surface area contributed by atoms with E-state index in [1.807, 2.05) is 31.2 Å². The molecule has 0 aliphatic heterocycles. The Morgan fingerprint density at radius 2 is 1.95 bits per heavy atom. The highest BCUT2D eigenvalue weighted by Crippen LogP contribution is 2.25. The molecule has 2 aromatic rings. The molecule has 0 unspecified atom stereocenters. The van der Waals surface area contributed by atoms with Crippen LogP contribution in [0.3, 0.4) is 0 Å². The Morgan fingerprint density at radius 1 is 1.30 bits per heavy atom. The van der Waals surface area contributed by atoms with Gasteiger partial charge in [-0.25, -0.2) is 13.1 Å². The Hall–Kier alpha value is -1.15. The number of rotatable bonds is 5. The van der Waals surface area contributed by atoms with Crippen LogP contribution < -0.4 is 10.5 Å². The number of benzene rings is 1. The highest BCUT2D eigenvalue weighted by atomic mass is 79.9. The van der Waals surface area contributed by atoms with Gasteiger partial charge >= 0.3 is 0 Å². The maximum absolute atomic E-state index is 12.2. The fourth-order valence-electron chi connectivity index (χ4n) is 1.64. The SMILES string of the molecule is Cc1ccc(CNS(=O)(=O)c2cc(CN)oc2Br)cc1. The van der Waals surface area contributed by atoms with Crippen molar-refractivity contribution in [1.29, 1.82) is 0 Å². The molecule has 1 aromatic carbocycles. The van der Waals surface area contributed by atoms with E-state index in [-0.39, 0.29) is 22.7 Å². The zero-order valence-corrected chi connectivity index (χ0v) is 13.3. The molecule has 0 atom stereocenters. The van der Waals surface area contributed by atoms with Crippen LogP contribution in [0.1, 0.15) is 16.9 Å². The first-order valence-corrected chi connectivity index (χ1v) is 8.23. The monoisotopic (exact) mass is 358 g/mol. The minimum absolute atomic E-state index is 0.0602. The van der Waals surface area contributed by atoms with Crippen LogP contribution in [0.25, 0.3) is 0 Å². The van der Waals surface area contributed by atoms with E-state index in [1.165, 1.54) is 6.07 Å². The van der Waals surface area contributed by atoms with Crippen LogP contribution in [-0.2, 0) is 23.1 Å². The number of furan rings is 1. The van der Waals surface area contributed by atoms with E-state index in [2.05, 4.69) is 20.7 Å². The van der Waals surface area contributed by atoms with Crippen LogP contribution in [0.4, 0.5) is 0 Å². The fraction of sp³-hybridized carbons (Fsp3) is 0.231. The smallest absolute Gasteiger partial charge is 0.245 e. The summed E-state index contributed by atoms with van der Waals surface area (Å²) in [6.07, 6.45) is 0. The molecular weight excluding hydrogens is 344 g/mol. The van der Waals surface area contributed by atoms with Crippen molar-refractivity contribution in [3.8, 4) is 0 Å². The number of halogens is 1. The van der Waals surface area contributed by atoms with Crippen LogP contribution in [0.15, 0.2) is 44.3 Å². The number of nitrogens with one attached hydrogen (secondary N) is 1. The number of hydrogen-bond donors (Lipinski definition) is 2. The summed E-state index contributed by atoms with van der Waals surface area (Å²) < 4.78 is 32.2. The standard InChI is InChI=1S/C13H15BrN2O3S/c1-9-2-4-10(5-3-9)8-16-20(17,18)12-6-11(7-15)19-13(12)14/h2-6,16H,7-8,15H2,1H3. The number of nitrogens with two attached hydrogens (primary N) is 1. The molecule has 0 fully saturated rings. The first-order chi connectivity index (χ1) is 9.42. The van der Waals surface area contributed by atoms with Crippen molar-refractivity contribution in [1.82, 2.24) is 4.72 Å². The van der Waals surface area contributed by atoms with Gasteiger partial charge in [0, 0.05) is 12.6 Å². The summed E-state index contributed by atoms with van der Waals surface area (Å²) >= 11 is 3.09. The summed E-state index contributed by atoms with van der Waals surface area (Å²) in [6, 6.07) is 9.05. The van der Waals surface area contributed by atoms with Gasteiger partial charge in [0.25, 0.3) is 0 Å². The molecule has 1 aromatic heterocycles. The molecule has 0 radical (unpaired) electrons. The highest BCUT2D eigenvalue weighted by Gasteiger charge is 2.21. The Labute approximate surface area is 126 Å². The van der Waals surface area contributed by atoms with Crippen molar-refractivity contribution in [2.75, 3.05) is 0 Å². The summed E-state index contributed by atoms with van der Waals surface area (Å²) in [5, 5.41) is 0. The number of hydrogen-bond acceptors (Lipinski definition) is 4. The van der Waals surface area contributed by atoms with Crippen molar-refractivity contribution < 1.29 is 12.8 Å². The second-order valence-electron chi connectivity index (χ2n) is 4.36. The third-order valence-electron chi connectivity index (χ3n) is 2.78. The fourth-order valence-corrected chi connectivity index (χ4v) is 3.66. The molecule has 1 heterocycles. The van der Waals surface area contributed by atoms with Crippen LogP contribution in [0, 0.1) is 6.92 Å². The van der Waals surface area contributed by atoms with Crippen molar-refractivity contribution in [2.24, 2.45) is 5.73 Å². The van der Waals surface area contributed by atoms with Gasteiger partial charge in [0.05, 0.1) is 6.54 Å². The van der Waals surface area contributed by atoms with Crippen LogP contribution in [-0.4, -0.2) is 8.42 Å². The summed E-state index contributed by atoms with van der Waals surface area (Å²) in [4.78, 5) is 0.0602. The lowest BCUT2D eigenvalue weighted by molar-refractivity contribution is 0.483. The lowest BCUT2D eigenvalue weighted by atomic mass is 10.2. The van der Waals surface area contributed by atoms with Crippen LogP contribution in [0.2, 0.25) is 0 Å². The van der Waals surface area contributed by atoms with E-state index in [4.69, 9.17) is 10.2 Å².